The molecule has 0 saturated carbocycles. The van der Waals surface area contributed by atoms with Crippen molar-refractivity contribution in [2.75, 3.05) is 52.4 Å². The predicted molar refractivity (Wildman–Crippen MR) is 135 cm³/mol. The molecule has 2 fully saturated rings. The number of piperazine rings is 2. The number of phenols is 1. The number of aromatic hydroxyl groups is 1. The van der Waals surface area contributed by atoms with Crippen molar-refractivity contribution in [1.29, 1.82) is 0 Å². The van der Waals surface area contributed by atoms with E-state index in [0.29, 0.717) is 18.8 Å². The van der Waals surface area contributed by atoms with Gasteiger partial charge >= 0.3 is 0 Å². The van der Waals surface area contributed by atoms with Gasteiger partial charge < -0.3 is 14.9 Å². The van der Waals surface area contributed by atoms with Gasteiger partial charge in [-0.15, -0.1) is 0 Å². The first kappa shape index (κ1) is 24.3. The number of hydrogen-bond donors (Lipinski definition) is 1. The fourth-order valence-electron chi connectivity index (χ4n) is 4.44. The maximum Gasteiger partial charge on any atom is 0.219 e. The van der Waals surface area contributed by atoms with Crippen molar-refractivity contribution in [3.8, 4) is 16.2 Å². The molecular weight excluding hydrogens is 476 g/mol. The second-order valence-electron chi connectivity index (χ2n) is 8.70. The number of nitrogens with zero attached hydrogens (tertiary/aromatic N) is 4. The molecule has 2 aliphatic rings. The second kappa shape index (κ2) is 10.6. The van der Waals surface area contributed by atoms with Gasteiger partial charge in [-0.25, -0.2) is 0 Å². The molecule has 2 saturated heterocycles. The highest BCUT2D eigenvalue weighted by atomic mass is 32.9. The van der Waals surface area contributed by atoms with Crippen LogP contribution in [0.2, 0.25) is 0 Å². The number of amides is 2. The summed E-state index contributed by atoms with van der Waals surface area (Å²) in [7, 11) is 3.26. The van der Waals surface area contributed by atoms with Crippen LogP contribution in [-0.2, 0) is 22.7 Å². The van der Waals surface area contributed by atoms with Crippen molar-refractivity contribution in [1.82, 2.24) is 19.6 Å². The molecule has 4 rings (SSSR count). The highest BCUT2D eigenvalue weighted by molar-refractivity contribution is 7.80. The quantitative estimate of drug-likeness (QED) is 0.496. The van der Waals surface area contributed by atoms with E-state index in [1.807, 2.05) is 15.9 Å². The average molecular weight is 507 g/mol. The van der Waals surface area contributed by atoms with Crippen molar-refractivity contribution >= 4 is 44.7 Å². The monoisotopic (exact) mass is 506 g/mol. The molecule has 2 aromatic rings. The van der Waals surface area contributed by atoms with Crippen LogP contribution >= 0.6 is 32.9 Å². The van der Waals surface area contributed by atoms with E-state index in [0.717, 1.165) is 77.7 Å². The van der Waals surface area contributed by atoms with Crippen LogP contribution in [0.15, 0.2) is 18.2 Å². The lowest BCUT2D eigenvalue weighted by Gasteiger charge is -2.35. The maximum atomic E-state index is 11.6. The normalized spacial score (nSPS) is 18.0. The Morgan fingerprint density at radius 1 is 0.818 bits per heavy atom. The average Bonchev–Trinajstić information content (AvgIpc) is 3.23. The first-order valence-electron chi connectivity index (χ1n) is 11.2. The molecule has 3 heterocycles. The molecule has 0 atom stereocenters. The number of benzene rings is 1. The van der Waals surface area contributed by atoms with Gasteiger partial charge in [-0.2, -0.15) is 0 Å². The summed E-state index contributed by atoms with van der Waals surface area (Å²) in [4.78, 5) is 32.7. The van der Waals surface area contributed by atoms with Crippen LogP contribution in [0.4, 0.5) is 0 Å². The van der Waals surface area contributed by atoms with E-state index < -0.39 is 0 Å². The third-order valence-corrected chi connectivity index (χ3v) is 9.35. The SMILES string of the molecule is CC(=O)N1CCN(Cc2cc(-c3cc(=S)ss3)cc(CN3CCN(C(C)=O)CC3)c2O)CC1. The fourth-order valence-corrected chi connectivity index (χ4v) is 6.82. The van der Waals surface area contributed by atoms with Crippen molar-refractivity contribution in [2.45, 2.75) is 26.9 Å². The summed E-state index contributed by atoms with van der Waals surface area (Å²) in [5.74, 6) is 0.580. The summed E-state index contributed by atoms with van der Waals surface area (Å²) >= 11 is 5.35. The molecule has 0 bridgehead atoms. The van der Waals surface area contributed by atoms with Crippen LogP contribution in [0, 0.1) is 3.82 Å². The first-order chi connectivity index (χ1) is 15.8. The number of phenolic OH excluding ortho intramolecular Hbond substituents is 1. The van der Waals surface area contributed by atoms with Crippen LogP contribution < -0.4 is 0 Å². The number of hydrogen-bond acceptors (Lipinski definition) is 8. The maximum absolute atomic E-state index is 11.6. The Morgan fingerprint density at radius 3 is 1.64 bits per heavy atom. The van der Waals surface area contributed by atoms with E-state index in [2.05, 4.69) is 21.9 Å². The molecule has 178 valence electrons. The summed E-state index contributed by atoms with van der Waals surface area (Å²) < 4.78 is 0.867. The Hall–Kier alpha value is -1.85. The first-order valence-corrected chi connectivity index (χ1v) is 13.8. The van der Waals surface area contributed by atoms with Gasteiger partial charge in [-0.05, 0) is 23.8 Å². The molecular formula is C23H30N4O3S3. The predicted octanol–water partition coefficient (Wildman–Crippen LogP) is 3.24. The minimum absolute atomic E-state index is 0.116. The molecule has 0 spiro atoms. The third-order valence-electron chi connectivity index (χ3n) is 6.44. The Bertz CT molecular complexity index is 1010. The Labute approximate surface area is 207 Å². The van der Waals surface area contributed by atoms with Gasteiger partial charge in [0.1, 0.15) is 9.57 Å². The molecule has 0 unspecified atom stereocenters. The minimum atomic E-state index is 0.116. The van der Waals surface area contributed by atoms with E-state index in [-0.39, 0.29) is 11.8 Å². The molecule has 7 nitrogen and oxygen atoms in total. The van der Waals surface area contributed by atoms with E-state index in [1.54, 1.807) is 34.5 Å². The van der Waals surface area contributed by atoms with Gasteiger partial charge in [0.2, 0.25) is 11.8 Å². The zero-order chi connectivity index (χ0) is 23.5. The lowest BCUT2D eigenvalue weighted by Crippen LogP contribution is -2.47. The zero-order valence-electron chi connectivity index (χ0n) is 19.1. The highest BCUT2D eigenvalue weighted by Gasteiger charge is 2.23. The Balaban J connectivity index is 1.55. The number of carbonyl (C=O) groups excluding carboxylic acids is 2. The van der Waals surface area contributed by atoms with E-state index >= 15 is 0 Å². The van der Waals surface area contributed by atoms with Crippen LogP contribution in [-0.4, -0.2) is 88.9 Å². The van der Waals surface area contributed by atoms with Gasteiger partial charge in [0.05, 0.1) is 0 Å². The van der Waals surface area contributed by atoms with E-state index in [1.165, 1.54) is 0 Å². The fraction of sp³-hybridized carbons (Fsp3) is 0.522. The van der Waals surface area contributed by atoms with Crippen LogP contribution in [0.3, 0.4) is 0 Å². The van der Waals surface area contributed by atoms with Gasteiger partial charge in [0.25, 0.3) is 0 Å². The summed E-state index contributed by atoms with van der Waals surface area (Å²) in [5, 5.41) is 11.2. The molecule has 2 aliphatic heterocycles. The molecule has 1 aromatic carbocycles. The van der Waals surface area contributed by atoms with Crippen molar-refractivity contribution < 1.29 is 14.7 Å². The standard InChI is InChI=1S/C23H30N4O3S3/c1-16(28)26-7-3-24(4-8-26)14-19-11-18(21-13-22(31)33-32-21)12-20(23(19)30)15-25-5-9-27(10-6-25)17(2)29/h11-13,30H,3-10,14-15H2,1-2H3. The van der Waals surface area contributed by atoms with Gasteiger partial charge in [0, 0.05) is 95.3 Å². The molecule has 33 heavy (non-hydrogen) atoms. The summed E-state index contributed by atoms with van der Waals surface area (Å²) in [6, 6.07) is 6.19. The lowest BCUT2D eigenvalue weighted by molar-refractivity contribution is -0.131. The topological polar surface area (TPSA) is 67.3 Å². The summed E-state index contributed by atoms with van der Waals surface area (Å²) in [6.07, 6.45) is 0. The van der Waals surface area contributed by atoms with Gasteiger partial charge in [0.15, 0.2) is 0 Å². The van der Waals surface area contributed by atoms with E-state index in [4.69, 9.17) is 12.2 Å². The third kappa shape index (κ3) is 5.99. The molecule has 0 radical (unpaired) electrons. The van der Waals surface area contributed by atoms with Crippen molar-refractivity contribution in [2.24, 2.45) is 0 Å². The Kier molecular flexibility index (Phi) is 7.80. The van der Waals surface area contributed by atoms with Gasteiger partial charge in [-0.1, -0.05) is 32.9 Å². The zero-order valence-corrected chi connectivity index (χ0v) is 21.5. The summed E-state index contributed by atoms with van der Waals surface area (Å²) in [5.41, 5.74) is 2.90. The number of carbonyl (C=O) groups is 2. The highest BCUT2D eigenvalue weighted by Crippen LogP contribution is 2.36. The van der Waals surface area contributed by atoms with E-state index in [9.17, 15) is 14.7 Å². The van der Waals surface area contributed by atoms with Crippen LogP contribution in [0.1, 0.15) is 25.0 Å². The largest absolute Gasteiger partial charge is 0.507 e. The molecule has 0 aliphatic carbocycles. The van der Waals surface area contributed by atoms with Gasteiger partial charge in [-0.3, -0.25) is 19.4 Å². The lowest BCUT2D eigenvalue weighted by atomic mass is 10.0. The molecule has 10 heteroatoms. The molecule has 2 amide bonds. The molecule has 1 N–H and O–H groups in total. The van der Waals surface area contributed by atoms with Crippen molar-refractivity contribution in [3.63, 3.8) is 0 Å². The Morgan fingerprint density at radius 2 is 1.27 bits per heavy atom. The van der Waals surface area contributed by atoms with Crippen molar-refractivity contribution in [3.05, 3.63) is 33.1 Å². The second-order valence-corrected chi connectivity index (χ2v) is 11.6. The van der Waals surface area contributed by atoms with Crippen LogP contribution in [0.5, 0.6) is 5.75 Å². The minimum Gasteiger partial charge on any atom is -0.507 e. The van der Waals surface area contributed by atoms with Crippen LogP contribution in [0.25, 0.3) is 10.4 Å². The summed E-state index contributed by atoms with van der Waals surface area (Å²) in [6.45, 7) is 10.6. The number of rotatable bonds is 5. The molecule has 1 aromatic heterocycles. The smallest absolute Gasteiger partial charge is 0.219 e.